The molecule has 0 atom stereocenters. The van der Waals surface area contributed by atoms with Crippen LogP contribution in [0.25, 0.3) is 0 Å². The van der Waals surface area contributed by atoms with Gasteiger partial charge in [-0.15, -0.1) is 0 Å². The highest BCUT2D eigenvalue weighted by molar-refractivity contribution is 7.86. The van der Waals surface area contributed by atoms with Crippen LogP contribution in [0.15, 0.2) is 28.0 Å². The van der Waals surface area contributed by atoms with Gasteiger partial charge in [-0.3, -0.25) is 19.4 Å². The first-order chi connectivity index (χ1) is 7.66. The Morgan fingerprint density at radius 3 is 2.12 bits per heavy atom. The van der Waals surface area contributed by atoms with E-state index in [9.17, 15) is 16.8 Å². The zero-order chi connectivity index (χ0) is 13.3. The fourth-order valence-electron chi connectivity index (χ4n) is 1.08. The molecule has 0 spiro atoms. The van der Waals surface area contributed by atoms with Crippen LogP contribution in [0.5, 0.6) is 0 Å². The summed E-state index contributed by atoms with van der Waals surface area (Å²) in [6, 6.07) is 2.46. The van der Waals surface area contributed by atoms with Gasteiger partial charge in [0.05, 0.1) is 17.7 Å². The van der Waals surface area contributed by atoms with Crippen molar-refractivity contribution in [3.8, 4) is 0 Å². The Hall–Kier alpha value is -1.20. The van der Waals surface area contributed by atoms with Crippen LogP contribution in [0, 0.1) is 0 Å². The van der Waals surface area contributed by atoms with Gasteiger partial charge in [-0.05, 0) is 18.2 Å². The molecule has 0 radical (unpaired) electrons. The molecule has 0 aliphatic rings. The van der Waals surface area contributed by atoms with Gasteiger partial charge in [0.25, 0.3) is 20.2 Å². The number of rotatable bonds is 4. The molecule has 96 valence electrons. The van der Waals surface area contributed by atoms with Gasteiger partial charge in [-0.2, -0.15) is 16.8 Å². The van der Waals surface area contributed by atoms with Crippen LogP contribution >= 0.6 is 0 Å². The summed E-state index contributed by atoms with van der Waals surface area (Å²) in [6.07, 6.45) is 0. The van der Waals surface area contributed by atoms with Crippen LogP contribution in [0.4, 0.5) is 5.69 Å². The van der Waals surface area contributed by atoms with E-state index in [-0.39, 0.29) is 5.69 Å². The van der Waals surface area contributed by atoms with E-state index in [0.717, 1.165) is 25.3 Å². The number of hydrogen-bond acceptors (Lipinski definition) is 6. The molecule has 0 heterocycles. The fraction of sp³-hybridized carbons (Fsp3) is 0.143. The third-order valence-corrected chi connectivity index (χ3v) is 3.50. The molecular formula is C7H9NO7S2. The van der Waals surface area contributed by atoms with E-state index < -0.39 is 30.0 Å². The maximum absolute atomic E-state index is 10.9. The highest BCUT2D eigenvalue weighted by Gasteiger charge is 2.19. The van der Waals surface area contributed by atoms with Crippen molar-refractivity contribution in [1.82, 2.24) is 0 Å². The Morgan fingerprint density at radius 1 is 1.12 bits per heavy atom. The molecule has 1 aromatic carbocycles. The molecule has 8 nitrogen and oxygen atoms in total. The predicted octanol–water partition coefficient (Wildman–Crippen LogP) is 0.153. The molecule has 0 fully saturated rings. The van der Waals surface area contributed by atoms with E-state index in [1.54, 1.807) is 0 Å². The Bertz CT molecular complexity index is 620. The van der Waals surface area contributed by atoms with Crippen molar-refractivity contribution in [1.29, 1.82) is 0 Å². The van der Waals surface area contributed by atoms with Gasteiger partial charge in [0, 0.05) is 0 Å². The summed E-state index contributed by atoms with van der Waals surface area (Å²) in [5, 5.41) is 0. The first-order valence-electron chi connectivity index (χ1n) is 4.04. The average Bonchev–Trinajstić information content (AvgIpc) is 2.15. The normalized spacial score (nSPS) is 12.4. The summed E-state index contributed by atoms with van der Waals surface area (Å²) in [4.78, 5) is 3.31. The highest BCUT2D eigenvalue weighted by Crippen LogP contribution is 2.24. The number of nitrogens with one attached hydrogen (secondary N) is 1. The van der Waals surface area contributed by atoms with E-state index in [1.165, 1.54) is 0 Å². The SMILES string of the molecule is CONc1cc(S(=O)(=O)O)ccc1S(=O)(=O)O. The molecule has 1 aromatic rings. The minimum absolute atomic E-state index is 0.315. The fourth-order valence-corrected chi connectivity index (χ4v) is 2.21. The second-order valence-electron chi connectivity index (χ2n) is 2.91. The van der Waals surface area contributed by atoms with Gasteiger partial charge < -0.3 is 0 Å². The van der Waals surface area contributed by atoms with Gasteiger partial charge in [0.2, 0.25) is 0 Å². The van der Waals surface area contributed by atoms with Crippen molar-refractivity contribution in [2.45, 2.75) is 9.79 Å². The number of benzene rings is 1. The van der Waals surface area contributed by atoms with Crippen LogP contribution in [0.2, 0.25) is 0 Å². The third kappa shape index (κ3) is 3.38. The summed E-state index contributed by atoms with van der Waals surface area (Å²) < 4.78 is 61.1. The van der Waals surface area contributed by atoms with Crippen molar-refractivity contribution in [2.24, 2.45) is 0 Å². The van der Waals surface area contributed by atoms with Crippen LogP contribution in [0.1, 0.15) is 0 Å². The molecule has 10 heteroatoms. The Labute approximate surface area is 97.7 Å². The highest BCUT2D eigenvalue weighted by atomic mass is 32.2. The van der Waals surface area contributed by atoms with Crippen LogP contribution in [-0.4, -0.2) is 33.1 Å². The molecule has 0 bridgehead atoms. The number of anilines is 1. The van der Waals surface area contributed by atoms with Gasteiger partial charge in [-0.25, -0.2) is 0 Å². The van der Waals surface area contributed by atoms with E-state index in [0.29, 0.717) is 0 Å². The summed E-state index contributed by atoms with van der Waals surface area (Å²) >= 11 is 0. The first-order valence-corrected chi connectivity index (χ1v) is 6.92. The lowest BCUT2D eigenvalue weighted by Gasteiger charge is -2.09. The van der Waals surface area contributed by atoms with E-state index >= 15 is 0 Å². The van der Waals surface area contributed by atoms with Gasteiger partial charge in [0.1, 0.15) is 4.90 Å². The van der Waals surface area contributed by atoms with Crippen molar-refractivity contribution in [3.05, 3.63) is 18.2 Å². The predicted molar refractivity (Wildman–Crippen MR) is 56.7 cm³/mol. The van der Waals surface area contributed by atoms with Crippen LogP contribution in [-0.2, 0) is 25.1 Å². The molecule has 0 saturated carbocycles. The summed E-state index contributed by atoms with van der Waals surface area (Å²) in [5.74, 6) is 0. The minimum atomic E-state index is -4.54. The summed E-state index contributed by atoms with van der Waals surface area (Å²) in [6.45, 7) is 0. The summed E-state index contributed by atoms with van der Waals surface area (Å²) in [5.41, 5.74) is 1.77. The Balaban J connectivity index is 3.48. The first kappa shape index (κ1) is 13.9. The van der Waals surface area contributed by atoms with Crippen LogP contribution < -0.4 is 5.48 Å². The van der Waals surface area contributed by atoms with Crippen molar-refractivity contribution in [2.75, 3.05) is 12.6 Å². The molecular weight excluding hydrogens is 274 g/mol. The molecule has 0 unspecified atom stereocenters. The number of hydrogen-bond donors (Lipinski definition) is 3. The molecule has 1 rings (SSSR count). The zero-order valence-corrected chi connectivity index (χ0v) is 10.1. The van der Waals surface area contributed by atoms with Crippen LogP contribution in [0.3, 0.4) is 0 Å². The molecule has 0 aliphatic heterocycles. The second kappa shape index (κ2) is 4.58. The third-order valence-electron chi connectivity index (χ3n) is 1.74. The van der Waals surface area contributed by atoms with Crippen molar-refractivity contribution < 1.29 is 30.8 Å². The smallest absolute Gasteiger partial charge is 0.282 e. The molecule has 17 heavy (non-hydrogen) atoms. The van der Waals surface area contributed by atoms with Gasteiger partial charge in [0.15, 0.2) is 0 Å². The van der Waals surface area contributed by atoms with E-state index in [1.807, 2.05) is 0 Å². The lowest BCUT2D eigenvalue weighted by molar-refractivity contribution is 0.269. The largest absolute Gasteiger partial charge is 0.296 e. The maximum Gasteiger partial charge on any atom is 0.296 e. The molecule has 0 saturated heterocycles. The lowest BCUT2D eigenvalue weighted by atomic mass is 10.3. The zero-order valence-electron chi connectivity index (χ0n) is 8.48. The van der Waals surface area contributed by atoms with Gasteiger partial charge in [-0.1, -0.05) is 0 Å². The van der Waals surface area contributed by atoms with Crippen molar-refractivity contribution >= 4 is 25.9 Å². The summed E-state index contributed by atoms with van der Waals surface area (Å²) in [7, 11) is -7.85. The molecule has 0 aliphatic carbocycles. The van der Waals surface area contributed by atoms with E-state index in [4.69, 9.17) is 9.11 Å². The quantitative estimate of drug-likeness (QED) is 0.526. The lowest BCUT2D eigenvalue weighted by Crippen LogP contribution is -2.07. The van der Waals surface area contributed by atoms with Crippen molar-refractivity contribution in [3.63, 3.8) is 0 Å². The topological polar surface area (TPSA) is 130 Å². The molecule has 0 aromatic heterocycles. The monoisotopic (exact) mass is 283 g/mol. The Morgan fingerprint density at radius 2 is 1.71 bits per heavy atom. The van der Waals surface area contributed by atoms with E-state index in [2.05, 4.69) is 10.3 Å². The van der Waals surface area contributed by atoms with Gasteiger partial charge >= 0.3 is 0 Å². The molecule has 3 N–H and O–H groups in total. The molecule has 0 amide bonds. The standard InChI is InChI=1S/C7H9NO7S2/c1-15-8-6-4-5(16(9,10)11)2-3-7(6)17(12,13)14/h2-4,8H,1H3,(H,9,10,11)(H,12,13,14). The minimum Gasteiger partial charge on any atom is -0.282 e. The Kier molecular flexibility index (Phi) is 3.74. The average molecular weight is 283 g/mol. The second-order valence-corrected chi connectivity index (χ2v) is 5.73. The maximum atomic E-state index is 10.9.